The molecule has 0 bridgehead atoms. The second-order valence-electron chi connectivity index (χ2n) is 6.52. The normalized spacial score (nSPS) is 11.2. The number of rotatable bonds is 10. The van der Waals surface area contributed by atoms with Crippen LogP contribution in [0.5, 0.6) is 5.75 Å². The molecule has 0 saturated carbocycles. The van der Waals surface area contributed by atoms with Crippen molar-refractivity contribution in [1.29, 1.82) is 0 Å². The molecule has 0 saturated heterocycles. The van der Waals surface area contributed by atoms with Crippen LogP contribution in [0.2, 0.25) is 0 Å². The Hall–Kier alpha value is -1.54. The SMILES string of the molecule is CC(C)[C@H](N)C(=O)NCC(=O)NCc1ccccc1OCCN(C)C.Cl.Cl. The van der Waals surface area contributed by atoms with Crippen LogP contribution in [0, 0.1) is 5.92 Å². The molecular formula is C18H32Cl2N4O3. The molecular weight excluding hydrogens is 391 g/mol. The predicted molar refractivity (Wildman–Crippen MR) is 113 cm³/mol. The van der Waals surface area contributed by atoms with Gasteiger partial charge in [0.05, 0.1) is 12.6 Å². The predicted octanol–water partition coefficient (Wildman–Crippen LogP) is 1.19. The first kappa shape index (κ1) is 27.7. The number of nitrogens with two attached hydrogens (primary N) is 1. The lowest BCUT2D eigenvalue weighted by Crippen LogP contribution is -2.47. The Morgan fingerprint density at radius 1 is 1.15 bits per heavy atom. The Balaban J connectivity index is 0. The van der Waals surface area contributed by atoms with Gasteiger partial charge >= 0.3 is 0 Å². The maximum absolute atomic E-state index is 11.9. The summed E-state index contributed by atoms with van der Waals surface area (Å²) in [6, 6.07) is 6.95. The monoisotopic (exact) mass is 422 g/mol. The van der Waals surface area contributed by atoms with Crippen molar-refractivity contribution >= 4 is 36.6 Å². The van der Waals surface area contributed by atoms with E-state index in [1.165, 1.54) is 0 Å². The molecule has 0 aliphatic carbocycles. The smallest absolute Gasteiger partial charge is 0.239 e. The minimum atomic E-state index is -0.612. The van der Waals surface area contributed by atoms with Crippen molar-refractivity contribution in [3.8, 4) is 5.75 Å². The fourth-order valence-corrected chi connectivity index (χ4v) is 1.97. The van der Waals surface area contributed by atoms with E-state index in [1.54, 1.807) is 0 Å². The molecule has 0 radical (unpaired) electrons. The van der Waals surface area contributed by atoms with E-state index in [4.69, 9.17) is 10.5 Å². The molecule has 0 aliphatic rings. The molecule has 9 heteroatoms. The molecule has 0 aliphatic heterocycles. The highest BCUT2D eigenvalue weighted by molar-refractivity contribution is 5.87. The summed E-state index contributed by atoms with van der Waals surface area (Å²) >= 11 is 0. The lowest BCUT2D eigenvalue weighted by molar-refractivity contribution is -0.127. The molecule has 0 heterocycles. The number of carbonyl (C=O) groups is 2. The molecule has 1 atom stereocenters. The molecule has 0 unspecified atom stereocenters. The lowest BCUT2D eigenvalue weighted by Gasteiger charge is -2.16. The van der Waals surface area contributed by atoms with Crippen LogP contribution in [0.3, 0.4) is 0 Å². The first-order valence-electron chi connectivity index (χ1n) is 8.46. The van der Waals surface area contributed by atoms with Gasteiger partial charge in [-0.1, -0.05) is 32.0 Å². The number of para-hydroxylation sites is 1. The van der Waals surface area contributed by atoms with Gasteiger partial charge in [-0.15, -0.1) is 24.8 Å². The van der Waals surface area contributed by atoms with Gasteiger partial charge in [0.15, 0.2) is 0 Å². The molecule has 156 valence electrons. The number of ether oxygens (including phenoxy) is 1. The zero-order valence-electron chi connectivity index (χ0n) is 16.4. The van der Waals surface area contributed by atoms with Crippen molar-refractivity contribution < 1.29 is 14.3 Å². The topological polar surface area (TPSA) is 96.7 Å². The lowest BCUT2D eigenvalue weighted by atomic mass is 10.1. The zero-order chi connectivity index (χ0) is 18.8. The van der Waals surface area contributed by atoms with Crippen molar-refractivity contribution in [2.75, 3.05) is 33.8 Å². The summed E-state index contributed by atoms with van der Waals surface area (Å²) in [5.74, 6) is 0.176. The van der Waals surface area contributed by atoms with E-state index in [0.717, 1.165) is 17.9 Å². The number of nitrogens with one attached hydrogen (secondary N) is 2. The molecule has 2 amide bonds. The van der Waals surface area contributed by atoms with Gasteiger partial charge in [-0.2, -0.15) is 0 Å². The van der Waals surface area contributed by atoms with Gasteiger partial charge in [-0.3, -0.25) is 9.59 Å². The first-order chi connectivity index (χ1) is 11.8. The van der Waals surface area contributed by atoms with Gasteiger partial charge in [0.25, 0.3) is 0 Å². The van der Waals surface area contributed by atoms with E-state index in [1.807, 2.05) is 57.1 Å². The summed E-state index contributed by atoms with van der Waals surface area (Å²) in [6.07, 6.45) is 0. The number of carbonyl (C=O) groups excluding carboxylic acids is 2. The van der Waals surface area contributed by atoms with E-state index in [2.05, 4.69) is 10.6 Å². The summed E-state index contributed by atoms with van der Waals surface area (Å²) < 4.78 is 5.76. The number of amides is 2. The van der Waals surface area contributed by atoms with E-state index in [9.17, 15) is 9.59 Å². The van der Waals surface area contributed by atoms with Crippen LogP contribution in [-0.4, -0.2) is 56.5 Å². The van der Waals surface area contributed by atoms with Gasteiger partial charge < -0.3 is 26.0 Å². The Kier molecular flexibility index (Phi) is 14.9. The Morgan fingerprint density at radius 3 is 2.37 bits per heavy atom. The van der Waals surface area contributed by atoms with Gasteiger partial charge in [-0.05, 0) is 26.1 Å². The maximum Gasteiger partial charge on any atom is 0.239 e. The molecule has 1 aromatic rings. The number of hydrogen-bond acceptors (Lipinski definition) is 5. The number of halogens is 2. The summed E-state index contributed by atoms with van der Waals surface area (Å²) in [6.45, 7) is 5.34. The van der Waals surface area contributed by atoms with E-state index >= 15 is 0 Å². The molecule has 0 fully saturated rings. The van der Waals surface area contributed by atoms with Crippen LogP contribution in [0.25, 0.3) is 0 Å². The first-order valence-corrected chi connectivity index (χ1v) is 8.46. The summed E-state index contributed by atoms with van der Waals surface area (Å²) in [5.41, 5.74) is 6.62. The number of benzene rings is 1. The fourth-order valence-electron chi connectivity index (χ4n) is 1.97. The fraction of sp³-hybridized carbons (Fsp3) is 0.556. The third-order valence-electron chi connectivity index (χ3n) is 3.69. The van der Waals surface area contributed by atoms with Crippen LogP contribution in [0.1, 0.15) is 19.4 Å². The van der Waals surface area contributed by atoms with Crippen LogP contribution in [-0.2, 0) is 16.1 Å². The molecule has 0 spiro atoms. The molecule has 7 nitrogen and oxygen atoms in total. The van der Waals surface area contributed by atoms with Crippen molar-refractivity contribution in [2.24, 2.45) is 11.7 Å². The average Bonchev–Trinajstić information content (AvgIpc) is 2.57. The van der Waals surface area contributed by atoms with Gasteiger partial charge in [0.2, 0.25) is 11.8 Å². The van der Waals surface area contributed by atoms with Crippen LogP contribution in [0.15, 0.2) is 24.3 Å². The summed E-state index contributed by atoms with van der Waals surface area (Å²) in [5, 5.41) is 5.33. The van der Waals surface area contributed by atoms with Gasteiger partial charge in [0.1, 0.15) is 12.4 Å². The van der Waals surface area contributed by atoms with Gasteiger partial charge in [0, 0.05) is 18.7 Å². The standard InChI is InChI=1S/C18H30N4O3.2ClH/c1-13(2)17(19)18(24)21-12-16(23)20-11-14-7-5-6-8-15(14)25-10-9-22(3)4;;/h5-8,13,17H,9-12,19H2,1-4H3,(H,20,23)(H,21,24);2*1H/t17-;;/m0../s1. The highest BCUT2D eigenvalue weighted by atomic mass is 35.5. The second-order valence-corrected chi connectivity index (χ2v) is 6.52. The van der Waals surface area contributed by atoms with Crippen molar-refractivity contribution in [1.82, 2.24) is 15.5 Å². The van der Waals surface area contributed by atoms with Crippen molar-refractivity contribution in [3.05, 3.63) is 29.8 Å². The quantitative estimate of drug-likeness (QED) is 0.525. The largest absolute Gasteiger partial charge is 0.492 e. The van der Waals surface area contributed by atoms with Crippen molar-refractivity contribution in [2.45, 2.75) is 26.4 Å². The number of hydrogen-bond donors (Lipinski definition) is 3. The number of nitrogens with zero attached hydrogens (tertiary/aromatic N) is 1. The highest BCUT2D eigenvalue weighted by Crippen LogP contribution is 2.17. The minimum Gasteiger partial charge on any atom is -0.492 e. The molecule has 0 aromatic heterocycles. The third-order valence-corrected chi connectivity index (χ3v) is 3.69. The summed E-state index contributed by atoms with van der Waals surface area (Å²) in [4.78, 5) is 25.7. The van der Waals surface area contributed by atoms with E-state index in [-0.39, 0.29) is 49.1 Å². The average molecular weight is 423 g/mol. The summed E-state index contributed by atoms with van der Waals surface area (Å²) in [7, 11) is 3.96. The minimum absolute atomic E-state index is 0. The molecule has 4 N–H and O–H groups in total. The van der Waals surface area contributed by atoms with Crippen molar-refractivity contribution in [3.63, 3.8) is 0 Å². The number of likely N-dealkylation sites (N-methyl/N-ethyl adjacent to an activating group) is 1. The second kappa shape index (κ2) is 14.5. The van der Waals surface area contributed by atoms with E-state index in [0.29, 0.717) is 13.2 Å². The van der Waals surface area contributed by atoms with Gasteiger partial charge in [-0.25, -0.2) is 0 Å². The van der Waals surface area contributed by atoms with Crippen LogP contribution < -0.4 is 21.1 Å². The highest BCUT2D eigenvalue weighted by Gasteiger charge is 2.17. The molecule has 27 heavy (non-hydrogen) atoms. The Bertz CT molecular complexity index is 571. The Labute approximate surface area is 174 Å². The maximum atomic E-state index is 11.9. The molecule has 1 rings (SSSR count). The Morgan fingerprint density at radius 2 is 1.78 bits per heavy atom. The zero-order valence-corrected chi connectivity index (χ0v) is 18.0. The van der Waals surface area contributed by atoms with E-state index < -0.39 is 6.04 Å². The molecule has 1 aromatic carbocycles. The third kappa shape index (κ3) is 11.0. The van der Waals surface area contributed by atoms with Crippen LogP contribution >= 0.6 is 24.8 Å². The van der Waals surface area contributed by atoms with Crippen LogP contribution in [0.4, 0.5) is 0 Å².